The highest BCUT2D eigenvalue weighted by molar-refractivity contribution is 6.23. The zero-order chi connectivity index (χ0) is 58.1. The van der Waals surface area contributed by atoms with Crippen molar-refractivity contribution in [1.82, 2.24) is 19.9 Å². The Morgan fingerprint density at radius 2 is 0.330 bits per heavy atom. The standard InChI is InChI=1S/C84H54N4/c1-9-25-53(26-10-1)61-41-42-62(54-27-11-2-12-28-54)78-70-50-72-80-64(56-31-15-4-16-32-56)45-46-66(58-35-19-6-20-36-58)82(80)74(87-72)52-76-84-68(60-39-23-8-24-40-60)48-47-67(59-37-21-7-22-38-59)83(84)75(88-76)51-73-81-65(57-33-17-5-18-34-57)44-43-63(55-29-13-3-14-30-55)79(81)71(86-73)49-69(85-70)77(61)78/h1-52,85,88H. The Hall–Kier alpha value is -11.7. The fourth-order valence-electron chi connectivity index (χ4n) is 13.9. The fraction of sp³-hybridized carbons (Fsp3) is 0. The lowest BCUT2D eigenvalue weighted by Gasteiger charge is -2.14. The van der Waals surface area contributed by atoms with Crippen LogP contribution in [0, 0.1) is 0 Å². The van der Waals surface area contributed by atoms with Crippen LogP contribution in [0.15, 0.2) is 315 Å². The van der Waals surface area contributed by atoms with Crippen molar-refractivity contribution in [1.29, 1.82) is 0 Å². The van der Waals surface area contributed by atoms with Crippen molar-refractivity contribution in [3.05, 3.63) is 315 Å². The molecule has 12 aromatic carbocycles. The summed E-state index contributed by atoms with van der Waals surface area (Å²) in [6.45, 7) is 0. The molecular weight excluding hydrogens is 1060 g/mol. The van der Waals surface area contributed by atoms with E-state index in [1.54, 1.807) is 0 Å². The first kappa shape index (κ1) is 50.8. The summed E-state index contributed by atoms with van der Waals surface area (Å²) in [5.41, 5.74) is 29.3. The highest BCUT2D eigenvalue weighted by atomic mass is 14.8. The van der Waals surface area contributed by atoms with Crippen molar-refractivity contribution in [3.8, 4) is 134 Å². The van der Waals surface area contributed by atoms with Gasteiger partial charge in [0.2, 0.25) is 0 Å². The molecule has 410 valence electrons. The second-order valence-corrected chi connectivity index (χ2v) is 22.8. The maximum atomic E-state index is 6.00. The normalized spacial score (nSPS) is 11.6. The first-order chi connectivity index (χ1) is 43.7. The highest BCUT2D eigenvalue weighted by Crippen LogP contribution is 2.53. The lowest BCUT2D eigenvalue weighted by Crippen LogP contribution is -1.89. The van der Waals surface area contributed by atoms with Gasteiger partial charge in [0.15, 0.2) is 0 Å². The molecular formula is C84H54N4. The number of benzene rings is 12. The van der Waals surface area contributed by atoms with Gasteiger partial charge in [-0.3, -0.25) is 0 Å². The molecule has 0 atom stereocenters. The molecule has 0 aliphatic carbocycles. The Labute approximate surface area is 510 Å². The fourth-order valence-corrected chi connectivity index (χ4v) is 13.9. The Morgan fingerprint density at radius 3 is 0.511 bits per heavy atom. The summed E-state index contributed by atoms with van der Waals surface area (Å²) in [5.74, 6) is 0. The van der Waals surface area contributed by atoms with Crippen molar-refractivity contribution in [2.24, 2.45) is 0 Å². The zero-order valence-corrected chi connectivity index (χ0v) is 47.9. The van der Waals surface area contributed by atoms with Crippen LogP contribution >= 0.6 is 0 Å². The molecule has 2 aliphatic rings. The second-order valence-electron chi connectivity index (χ2n) is 22.8. The molecule has 0 fully saturated rings. The topological polar surface area (TPSA) is 57.4 Å². The minimum Gasteiger partial charge on any atom is -0.354 e. The molecule has 15 aromatic rings. The molecule has 0 spiro atoms. The number of aromatic nitrogens is 4. The molecule has 2 N–H and O–H groups in total. The number of aromatic amines is 2. The van der Waals surface area contributed by atoms with Crippen LogP contribution in [-0.2, 0) is 0 Å². The molecule has 0 saturated heterocycles. The number of H-pyrrole nitrogens is 2. The van der Waals surface area contributed by atoms with E-state index in [0.717, 1.165) is 178 Å². The predicted octanol–water partition coefficient (Wildman–Crippen LogP) is 22.6. The van der Waals surface area contributed by atoms with Gasteiger partial charge in [0.05, 0.1) is 22.8 Å². The van der Waals surface area contributed by atoms with Gasteiger partial charge >= 0.3 is 0 Å². The number of hydrogen-bond acceptors (Lipinski definition) is 2. The summed E-state index contributed by atoms with van der Waals surface area (Å²) >= 11 is 0. The van der Waals surface area contributed by atoms with E-state index in [0.29, 0.717) is 0 Å². The van der Waals surface area contributed by atoms with Gasteiger partial charge in [0.25, 0.3) is 0 Å². The molecule has 2 aliphatic heterocycles. The monoisotopic (exact) mass is 1120 g/mol. The molecule has 0 radical (unpaired) electrons. The van der Waals surface area contributed by atoms with Gasteiger partial charge in [0, 0.05) is 65.9 Å². The van der Waals surface area contributed by atoms with Gasteiger partial charge in [-0.2, -0.15) is 0 Å². The number of nitrogens with one attached hydrogen (secondary N) is 2. The number of hydrogen-bond donors (Lipinski definition) is 2. The van der Waals surface area contributed by atoms with Crippen molar-refractivity contribution in [3.63, 3.8) is 0 Å². The van der Waals surface area contributed by atoms with Crippen LogP contribution in [0.25, 0.3) is 178 Å². The van der Waals surface area contributed by atoms with Crippen LogP contribution in [0.5, 0.6) is 0 Å². The smallest absolute Gasteiger partial charge is 0.0743 e. The minimum atomic E-state index is 0.859. The van der Waals surface area contributed by atoms with Gasteiger partial charge in [-0.1, -0.05) is 291 Å². The van der Waals surface area contributed by atoms with E-state index in [2.05, 4.69) is 325 Å². The molecule has 17 rings (SSSR count). The molecule has 0 unspecified atom stereocenters. The molecule has 5 heterocycles. The van der Waals surface area contributed by atoms with E-state index in [9.17, 15) is 0 Å². The van der Waals surface area contributed by atoms with Crippen LogP contribution in [0.2, 0.25) is 0 Å². The number of nitrogens with zero attached hydrogens (tertiary/aromatic N) is 2. The molecule has 3 aromatic heterocycles. The van der Waals surface area contributed by atoms with Gasteiger partial charge in [-0.05, 0) is 113 Å². The van der Waals surface area contributed by atoms with E-state index in [4.69, 9.17) is 9.97 Å². The van der Waals surface area contributed by atoms with Crippen molar-refractivity contribution in [2.45, 2.75) is 0 Å². The summed E-state index contributed by atoms with van der Waals surface area (Å²) in [7, 11) is 0. The average molecular weight is 1120 g/mol. The third-order valence-corrected chi connectivity index (χ3v) is 17.7. The first-order valence-corrected chi connectivity index (χ1v) is 30.1. The molecule has 4 nitrogen and oxygen atoms in total. The average Bonchev–Trinajstić information content (AvgIpc) is 1.98. The van der Waals surface area contributed by atoms with E-state index < -0.39 is 0 Å². The summed E-state index contributed by atoms with van der Waals surface area (Å²) < 4.78 is 0. The van der Waals surface area contributed by atoms with Crippen molar-refractivity contribution >= 4 is 43.6 Å². The highest BCUT2D eigenvalue weighted by Gasteiger charge is 2.29. The van der Waals surface area contributed by atoms with Crippen molar-refractivity contribution < 1.29 is 0 Å². The minimum absolute atomic E-state index is 0.859. The van der Waals surface area contributed by atoms with Gasteiger partial charge in [-0.15, -0.1) is 0 Å². The van der Waals surface area contributed by atoms with Crippen LogP contribution < -0.4 is 0 Å². The predicted molar refractivity (Wildman–Crippen MR) is 368 cm³/mol. The number of rotatable bonds is 8. The first-order valence-electron chi connectivity index (χ1n) is 30.1. The van der Waals surface area contributed by atoms with E-state index in [1.165, 1.54) is 0 Å². The molecule has 0 amide bonds. The van der Waals surface area contributed by atoms with Gasteiger partial charge < -0.3 is 9.97 Å². The van der Waals surface area contributed by atoms with E-state index in [-0.39, 0.29) is 0 Å². The van der Waals surface area contributed by atoms with Crippen LogP contribution in [0.4, 0.5) is 0 Å². The lowest BCUT2D eigenvalue weighted by atomic mass is 9.87. The summed E-state index contributed by atoms with van der Waals surface area (Å²) in [4.78, 5) is 20.4. The molecule has 0 saturated carbocycles. The Morgan fingerprint density at radius 1 is 0.170 bits per heavy atom. The lowest BCUT2D eigenvalue weighted by molar-refractivity contribution is 1.40. The molecule has 8 bridgehead atoms. The Balaban J connectivity index is 1.14. The summed E-state index contributed by atoms with van der Waals surface area (Å²) in [6, 6.07) is 114. The zero-order valence-electron chi connectivity index (χ0n) is 47.9. The van der Waals surface area contributed by atoms with E-state index >= 15 is 0 Å². The summed E-state index contributed by atoms with van der Waals surface area (Å²) in [5, 5.41) is 4.40. The third kappa shape index (κ3) is 8.53. The quantitative estimate of drug-likeness (QED) is 0.159. The van der Waals surface area contributed by atoms with Crippen LogP contribution in [0.3, 0.4) is 0 Å². The number of fused-ring (bicyclic) bond motifs is 20. The Kier molecular flexibility index (Phi) is 12.2. The third-order valence-electron chi connectivity index (χ3n) is 17.7. The van der Waals surface area contributed by atoms with Gasteiger partial charge in [0.1, 0.15) is 0 Å². The van der Waals surface area contributed by atoms with Crippen LogP contribution in [-0.4, -0.2) is 19.9 Å². The SMILES string of the molecule is c1ccc(-c2ccc(-c3ccccc3)c3c2-c2cc4[nH]c(cc5nc(cc6[nH]c(cc-3n2)c2c(-c3ccccc3)ccc(-c3ccccc3)c62)-c2c(-c3ccccc3)ccc(-c3ccccc3)c2-5)c2c(-c3ccccc3)ccc(-c3ccccc3)c42)cc1. The van der Waals surface area contributed by atoms with Crippen molar-refractivity contribution in [2.75, 3.05) is 0 Å². The van der Waals surface area contributed by atoms with E-state index in [1.807, 2.05) is 0 Å². The van der Waals surface area contributed by atoms with Gasteiger partial charge in [-0.25, -0.2) is 9.97 Å². The van der Waals surface area contributed by atoms with Crippen LogP contribution in [0.1, 0.15) is 0 Å². The largest absolute Gasteiger partial charge is 0.354 e. The second kappa shape index (κ2) is 21.1. The molecule has 4 heteroatoms. The maximum absolute atomic E-state index is 6.00. The summed E-state index contributed by atoms with van der Waals surface area (Å²) in [6.07, 6.45) is 0. The Bertz CT molecular complexity index is 4700. The maximum Gasteiger partial charge on any atom is 0.0743 e. The molecule has 88 heavy (non-hydrogen) atoms.